The third-order valence-corrected chi connectivity index (χ3v) is 3.30. The summed E-state index contributed by atoms with van der Waals surface area (Å²) in [5, 5.41) is 18.2. The quantitative estimate of drug-likeness (QED) is 0.597. The Bertz CT molecular complexity index is 478. The number of rotatable bonds is 3. The van der Waals surface area contributed by atoms with Crippen molar-refractivity contribution >= 4 is 0 Å². The molecule has 1 fully saturated rings. The van der Waals surface area contributed by atoms with Crippen molar-refractivity contribution in [2.75, 3.05) is 13.2 Å². The summed E-state index contributed by atoms with van der Waals surface area (Å²) in [6, 6.07) is 1.15. The molecule has 0 aliphatic heterocycles. The van der Waals surface area contributed by atoms with Crippen LogP contribution < -0.4 is 11.2 Å². The fourth-order valence-electron chi connectivity index (χ4n) is 2.27. The molecule has 0 amide bonds. The van der Waals surface area contributed by atoms with Gasteiger partial charge in [0.25, 0.3) is 5.56 Å². The van der Waals surface area contributed by atoms with E-state index in [1.165, 1.54) is 16.8 Å². The summed E-state index contributed by atoms with van der Waals surface area (Å²) in [4.78, 5) is 24.6. The minimum Gasteiger partial charge on any atom is -0.396 e. The van der Waals surface area contributed by atoms with E-state index < -0.39 is 11.2 Å². The highest BCUT2D eigenvalue weighted by molar-refractivity contribution is 4.96. The second-order valence-corrected chi connectivity index (χ2v) is 4.11. The molecule has 6 nitrogen and oxygen atoms in total. The van der Waals surface area contributed by atoms with E-state index in [1.807, 2.05) is 0 Å². The number of nitrogens with zero attached hydrogens (tertiary/aromatic N) is 1. The first-order valence-electron chi connectivity index (χ1n) is 5.20. The van der Waals surface area contributed by atoms with Gasteiger partial charge in [-0.2, -0.15) is 0 Å². The van der Waals surface area contributed by atoms with Crippen LogP contribution in [0.2, 0.25) is 0 Å². The number of aliphatic hydroxyl groups is 2. The maximum atomic E-state index is 11.5. The number of hydrogen-bond acceptors (Lipinski definition) is 4. The van der Waals surface area contributed by atoms with Crippen molar-refractivity contribution in [2.24, 2.45) is 11.8 Å². The molecule has 0 saturated heterocycles. The fourth-order valence-corrected chi connectivity index (χ4v) is 2.27. The summed E-state index contributed by atoms with van der Waals surface area (Å²) in [5.74, 6) is -0.0811. The van der Waals surface area contributed by atoms with Crippen molar-refractivity contribution in [3.8, 4) is 0 Å². The van der Waals surface area contributed by atoms with Crippen LogP contribution in [0, 0.1) is 11.8 Å². The Morgan fingerprint density at radius 1 is 1.38 bits per heavy atom. The molecule has 2 rings (SSSR count). The zero-order chi connectivity index (χ0) is 11.7. The van der Waals surface area contributed by atoms with Crippen LogP contribution in [0.25, 0.3) is 0 Å². The number of H-pyrrole nitrogens is 1. The first kappa shape index (κ1) is 11.1. The Kier molecular flexibility index (Phi) is 2.93. The lowest BCUT2D eigenvalue weighted by Gasteiger charge is -2.43. The van der Waals surface area contributed by atoms with Gasteiger partial charge in [-0.15, -0.1) is 0 Å². The van der Waals surface area contributed by atoms with Gasteiger partial charge in [-0.1, -0.05) is 0 Å². The molecule has 1 saturated carbocycles. The van der Waals surface area contributed by atoms with Gasteiger partial charge in [0, 0.05) is 37.4 Å². The molecule has 3 atom stereocenters. The topological polar surface area (TPSA) is 95.3 Å². The molecule has 0 spiro atoms. The molecule has 1 aliphatic carbocycles. The van der Waals surface area contributed by atoms with E-state index in [9.17, 15) is 9.59 Å². The molecule has 1 aromatic rings. The molecule has 16 heavy (non-hydrogen) atoms. The van der Waals surface area contributed by atoms with Crippen molar-refractivity contribution in [3.05, 3.63) is 33.1 Å². The predicted molar refractivity (Wildman–Crippen MR) is 56.1 cm³/mol. The zero-order valence-electron chi connectivity index (χ0n) is 8.67. The van der Waals surface area contributed by atoms with Crippen LogP contribution in [0.5, 0.6) is 0 Å². The minimum atomic E-state index is -0.465. The first-order valence-corrected chi connectivity index (χ1v) is 5.20. The fraction of sp³-hybridized carbons (Fsp3) is 0.600. The summed E-state index contributed by atoms with van der Waals surface area (Å²) in [6.45, 7) is -0.0543. The Labute approximate surface area is 91.2 Å². The summed E-state index contributed by atoms with van der Waals surface area (Å²) in [6.07, 6.45) is 2.08. The number of aliphatic hydroxyl groups excluding tert-OH is 2. The van der Waals surface area contributed by atoms with E-state index in [4.69, 9.17) is 10.2 Å². The molecular formula is C10H14N2O4. The van der Waals surface area contributed by atoms with Crippen molar-refractivity contribution < 1.29 is 10.2 Å². The number of nitrogens with one attached hydrogen (secondary N) is 1. The van der Waals surface area contributed by atoms with Gasteiger partial charge in [-0.05, 0) is 12.3 Å². The average molecular weight is 226 g/mol. The highest BCUT2D eigenvalue weighted by atomic mass is 16.3. The van der Waals surface area contributed by atoms with Gasteiger partial charge in [-0.3, -0.25) is 14.3 Å². The predicted octanol–water partition coefficient (Wildman–Crippen LogP) is -1.30. The second-order valence-electron chi connectivity index (χ2n) is 4.11. The summed E-state index contributed by atoms with van der Waals surface area (Å²) in [7, 11) is 0. The van der Waals surface area contributed by atoms with Crippen molar-refractivity contribution in [1.29, 1.82) is 0 Å². The third-order valence-electron chi connectivity index (χ3n) is 3.30. The van der Waals surface area contributed by atoms with Crippen LogP contribution in [0.3, 0.4) is 0 Å². The van der Waals surface area contributed by atoms with E-state index in [-0.39, 0.29) is 31.1 Å². The normalized spacial score (nSPS) is 28.8. The molecule has 1 aliphatic rings. The van der Waals surface area contributed by atoms with Gasteiger partial charge >= 0.3 is 5.69 Å². The maximum Gasteiger partial charge on any atom is 0.328 e. The molecule has 0 unspecified atom stereocenters. The standard InChI is InChI=1S/C10H14N2O4/c13-4-6-3-8(7(6)5-14)12-2-1-9(15)11-10(12)16/h1-2,6-8,13-14H,3-5H2,(H,11,15,16)/t6-,7-,8-/m0/s1. The van der Waals surface area contributed by atoms with E-state index in [2.05, 4.69) is 4.98 Å². The van der Waals surface area contributed by atoms with Crippen LogP contribution in [0.15, 0.2) is 21.9 Å². The Morgan fingerprint density at radius 2 is 2.12 bits per heavy atom. The smallest absolute Gasteiger partial charge is 0.328 e. The lowest BCUT2D eigenvalue weighted by Crippen LogP contribution is -2.46. The largest absolute Gasteiger partial charge is 0.396 e. The summed E-state index contributed by atoms with van der Waals surface area (Å²) < 4.78 is 1.41. The Balaban J connectivity index is 2.26. The third kappa shape index (κ3) is 1.70. The lowest BCUT2D eigenvalue weighted by atomic mass is 9.70. The van der Waals surface area contributed by atoms with Gasteiger partial charge in [-0.25, -0.2) is 4.79 Å². The molecule has 1 heterocycles. The van der Waals surface area contributed by atoms with Crippen LogP contribution in [-0.2, 0) is 0 Å². The van der Waals surface area contributed by atoms with E-state index in [0.29, 0.717) is 6.42 Å². The van der Waals surface area contributed by atoms with Crippen molar-refractivity contribution in [3.63, 3.8) is 0 Å². The summed E-state index contributed by atoms with van der Waals surface area (Å²) >= 11 is 0. The highest BCUT2D eigenvalue weighted by Crippen LogP contribution is 2.42. The Morgan fingerprint density at radius 3 is 2.69 bits per heavy atom. The van der Waals surface area contributed by atoms with Gasteiger partial charge in [0.15, 0.2) is 0 Å². The van der Waals surface area contributed by atoms with Gasteiger partial charge in [0.05, 0.1) is 0 Å². The van der Waals surface area contributed by atoms with Gasteiger partial charge in [0.1, 0.15) is 0 Å². The SMILES string of the molecule is O=c1ccn([C@H]2C[C@@H](CO)[C@@H]2CO)c(=O)[nH]1. The molecule has 3 N–H and O–H groups in total. The van der Waals surface area contributed by atoms with E-state index >= 15 is 0 Å². The van der Waals surface area contributed by atoms with Gasteiger partial charge < -0.3 is 10.2 Å². The number of aromatic amines is 1. The molecule has 0 bridgehead atoms. The van der Waals surface area contributed by atoms with E-state index in [0.717, 1.165) is 0 Å². The van der Waals surface area contributed by atoms with Crippen LogP contribution in [0.1, 0.15) is 12.5 Å². The van der Waals surface area contributed by atoms with Crippen molar-refractivity contribution in [1.82, 2.24) is 9.55 Å². The molecule has 1 aromatic heterocycles. The molecular weight excluding hydrogens is 212 g/mol. The highest BCUT2D eigenvalue weighted by Gasteiger charge is 2.41. The number of hydrogen-bond donors (Lipinski definition) is 3. The monoisotopic (exact) mass is 226 g/mol. The molecule has 0 radical (unpaired) electrons. The van der Waals surface area contributed by atoms with Gasteiger partial charge in [0.2, 0.25) is 0 Å². The average Bonchev–Trinajstić information content (AvgIpc) is 2.21. The van der Waals surface area contributed by atoms with Crippen LogP contribution >= 0.6 is 0 Å². The van der Waals surface area contributed by atoms with Crippen LogP contribution in [0.4, 0.5) is 0 Å². The Hall–Kier alpha value is -1.40. The van der Waals surface area contributed by atoms with Crippen LogP contribution in [-0.4, -0.2) is 33.0 Å². The molecule has 6 heteroatoms. The number of aromatic nitrogens is 2. The molecule has 88 valence electrons. The second kappa shape index (κ2) is 4.23. The van der Waals surface area contributed by atoms with E-state index in [1.54, 1.807) is 0 Å². The van der Waals surface area contributed by atoms with Crippen molar-refractivity contribution in [2.45, 2.75) is 12.5 Å². The zero-order valence-corrected chi connectivity index (χ0v) is 8.67. The minimum absolute atomic E-state index is 0.0137. The summed E-state index contributed by atoms with van der Waals surface area (Å²) in [5.41, 5.74) is -0.896. The molecule has 0 aromatic carbocycles. The lowest BCUT2D eigenvalue weighted by molar-refractivity contribution is -0.00874. The maximum absolute atomic E-state index is 11.5. The first-order chi connectivity index (χ1) is 7.67.